The van der Waals surface area contributed by atoms with Crippen molar-refractivity contribution in [3.05, 3.63) is 35.9 Å². The Bertz CT molecular complexity index is 457. The molecule has 0 spiro atoms. The van der Waals surface area contributed by atoms with Gasteiger partial charge < -0.3 is 15.7 Å². The van der Waals surface area contributed by atoms with Crippen molar-refractivity contribution in [1.29, 1.82) is 0 Å². The van der Waals surface area contributed by atoms with Crippen LogP contribution in [0.2, 0.25) is 0 Å². The molecule has 0 aliphatic heterocycles. The lowest BCUT2D eigenvalue weighted by atomic mass is 9.83. The molecule has 1 aromatic carbocycles. The molecule has 108 valence electrons. The van der Waals surface area contributed by atoms with Gasteiger partial charge in [-0.1, -0.05) is 49.6 Å². The molecule has 2 amide bonds. The summed E-state index contributed by atoms with van der Waals surface area (Å²) in [5.41, 5.74) is 0.564. The van der Waals surface area contributed by atoms with Gasteiger partial charge in [0.1, 0.15) is 0 Å². The van der Waals surface area contributed by atoms with Crippen molar-refractivity contribution in [1.82, 2.24) is 10.6 Å². The molecule has 2 rings (SSSR count). The molecular formula is C15H20N2O3. The van der Waals surface area contributed by atoms with E-state index >= 15 is 0 Å². The van der Waals surface area contributed by atoms with Gasteiger partial charge in [-0.2, -0.15) is 0 Å². The number of hydrogen-bond acceptors (Lipinski definition) is 2. The van der Waals surface area contributed by atoms with Gasteiger partial charge in [0.05, 0.1) is 0 Å². The van der Waals surface area contributed by atoms with E-state index in [1.54, 1.807) is 30.3 Å². The molecule has 0 heterocycles. The predicted octanol–water partition coefficient (Wildman–Crippen LogP) is 2.30. The Morgan fingerprint density at radius 1 is 1.25 bits per heavy atom. The number of rotatable bonds is 6. The smallest absolute Gasteiger partial charge is 0.330 e. The van der Waals surface area contributed by atoms with Crippen molar-refractivity contribution >= 4 is 12.0 Å². The average molecular weight is 276 g/mol. The second-order valence-corrected chi connectivity index (χ2v) is 5.17. The number of carboxylic acid groups (broad SMARTS) is 1. The highest BCUT2D eigenvalue weighted by molar-refractivity contribution is 5.83. The molecule has 0 unspecified atom stereocenters. The Hall–Kier alpha value is -2.04. The Labute approximate surface area is 118 Å². The molecular weight excluding hydrogens is 256 g/mol. The maximum absolute atomic E-state index is 11.7. The average Bonchev–Trinajstić information content (AvgIpc) is 2.39. The lowest BCUT2D eigenvalue weighted by molar-refractivity contribution is -0.139. The minimum Gasteiger partial charge on any atom is -0.479 e. The molecule has 20 heavy (non-hydrogen) atoms. The zero-order chi connectivity index (χ0) is 14.4. The molecule has 1 aromatic rings. The van der Waals surface area contributed by atoms with Gasteiger partial charge in [0, 0.05) is 6.54 Å². The van der Waals surface area contributed by atoms with E-state index in [0.29, 0.717) is 12.1 Å². The molecule has 1 fully saturated rings. The fourth-order valence-corrected chi connectivity index (χ4v) is 2.29. The molecule has 5 heteroatoms. The minimum atomic E-state index is -1.06. The normalized spacial score (nSPS) is 16.0. The summed E-state index contributed by atoms with van der Waals surface area (Å²) in [5.74, 6) is -0.343. The molecule has 3 N–H and O–H groups in total. The summed E-state index contributed by atoms with van der Waals surface area (Å²) in [5, 5.41) is 14.4. The van der Waals surface area contributed by atoms with Gasteiger partial charge in [-0.05, 0) is 17.9 Å². The number of hydrogen-bond donors (Lipinski definition) is 3. The first kappa shape index (κ1) is 14.4. The second-order valence-electron chi connectivity index (χ2n) is 5.17. The highest BCUT2D eigenvalue weighted by atomic mass is 16.4. The topological polar surface area (TPSA) is 78.4 Å². The van der Waals surface area contributed by atoms with Crippen LogP contribution in [0.5, 0.6) is 0 Å². The molecule has 0 saturated heterocycles. The van der Waals surface area contributed by atoms with Gasteiger partial charge in [-0.25, -0.2) is 9.59 Å². The molecule has 0 aromatic heterocycles. The Balaban J connectivity index is 1.81. The highest BCUT2D eigenvalue weighted by Gasteiger charge is 2.22. The van der Waals surface area contributed by atoms with Gasteiger partial charge >= 0.3 is 12.0 Å². The second kappa shape index (κ2) is 6.93. The Kier molecular flexibility index (Phi) is 4.98. The van der Waals surface area contributed by atoms with Crippen LogP contribution in [0, 0.1) is 5.92 Å². The SMILES string of the molecule is O=C(NCCC1CCC1)N[C@@H](C(=O)O)c1ccccc1. The molecule has 0 radical (unpaired) electrons. The van der Waals surface area contributed by atoms with E-state index in [1.165, 1.54) is 19.3 Å². The van der Waals surface area contributed by atoms with E-state index in [1.807, 2.05) is 0 Å². The van der Waals surface area contributed by atoms with Crippen LogP contribution >= 0.6 is 0 Å². The van der Waals surface area contributed by atoms with Crippen molar-refractivity contribution in [3.63, 3.8) is 0 Å². The molecule has 1 atom stereocenters. The summed E-state index contributed by atoms with van der Waals surface area (Å²) < 4.78 is 0. The van der Waals surface area contributed by atoms with Crippen molar-refractivity contribution in [2.45, 2.75) is 31.7 Å². The largest absolute Gasteiger partial charge is 0.479 e. The van der Waals surface area contributed by atoms with Crippen molar-refractivity contribution in [2.75, 3.05) is 6.54 Å². The summed E-state index contributed by atoms with van der Waals surface area (Å²) in [6.45, 7) is 0.595. The minimum absolute atomic E-state index is 0.430. The van der Waals surface area contributed by atoms with Crippen LogP contribution < -0.4 is 10.6 Å². The fourth-order valence-electron chi connectivity index (χ4n) is 2.29. The number of carbonyl (C=O) groups excluding carboxylic acids is 1. The summed E-state index contributed by atoms with van der Waals surface area (Å²) in [4.78, 5) is 23.0. The lowest BCUT2D eigenvalue weighted by Gasteiger charge is -2.25. The summed E-state index contributed by atoms with van der Waals surface area (Å²) >= 11 is 0. The van der Waals surface area contributed by atoms with Crippen LogP contribution in [0.4, 0.5) is 4.79 Å². The number of carboxylic acids is 1. The van der Waals surface area contributed by atoms with Crippen LogP contribution in [-0.4, -0.2) is 23.7 Å². The van der Waals surface area contributed by atoms with Crippen LogP contribution in [0.3, 0.4) is 0 Å². The predicted molar refractivity (Wildman–Crippen MR) is 75.3 cm³/mol. The number of benzene rings is 1. The van der Waals surface area contributed by atoms with Gasteiger partial charge in [0.2, 0.25) is 0 Å². The van der Waals surface area contributed by atoms with Gasteiger partial charge in [0.25, 0.3) is 0 Å². The molecule has 0 bridgehead atoms. The van der Waals surface area contributed by atoms with Crippen molar-refractivity contribution in [3.8, 4) is 0 Å². The molecule has 1 saturated carbocycles. The van der Waals surface area contributed by atoms with Crippen LogP contribution in [0.15, 0.2) is 30.3 Å². The molecule has 1 aliphatic carbocycles. The molecule has 1 aliphatic rings. The van der Waals surface area contributed by atoms with Crippen molar-refractivity contribution in [2.24, 2.45) is 5.92 Å². The summed E-state index contributed by atoms with van der Waals surface area (Å²) in [6, 6.07) is 7.24. The maximum Gasteiger partial charge on any atom is 0.330 e. The van der Waals surface area contributed by atoms with Crippen LogP contribution in [0.1, 0.15) is 37.3 Å². The maximum atomic E-state index is 11.7. The van der Waals surface area contributed by atoms with Gasteiger partial charge in [-0.15, -0.1) is 0 Å². The Morgan fingerprint density at radius 3 is 2.50 bits per heavy atom. The third-order valence-corrected chi connectivity index (χ3v) is 3.72. The van der Waals surface area contributed by atoms with Gasteiger partial charge in [-0.3, -0.25) is 0 Å². The van der Waals surface area contributed by atoms with Crippen LogP contribution in [0.25, 0.3) is 0 Å². The Morgan fingerprint density at radius 2 is 1.95 bits per heavy atom. The first-order valence-electron chi connectivity index (χ1n) is 6.99. The number of carbonyl (C=O) groups is 2. The summed E-state index contributed by atoms with van der Waals surface area (Å²) in [7, 11) is 0. The lowest BCUT2D eigenvalue weighted by Crippen LogP contribution is -2.41. The zero-order valence-corrected chi connectivity index (χ0v) is 11.3. The number of aliphatic carboxylic acids is 1. The monoisotopic (exact) mass is 276 g/mol. The number of urea groups is 1. The van der Waals surface area contributed by atoms with E-state index in [-0.39, 0.29) is 0 Å². The van der Waals surface area contributed by atoms with E-state index in [4.69, 9.17) is 0 Å². The quantitative estimate of drug-likeness (QED) is 0.746. The molecule has 5 nitrogen and oxygen atoms in total. The number of amides is 2. The third kappa shape index (κ3) is 3.98. The van der Waals surface area contributed by atoms with E-state index in [9.17, 15) is 14.7 Å². The van der Waals surface area contributed by atoms with E-state index < -0.39 is 18.0 Å². The van der Waals surface area contributed by atoms with Crippen LogP contribution in [-0.2, 0) is 4.79 Å². The first-order valence-corrected chi connectivity index (χ1v) is 6.99. The zero-order valence-electron chi connectivity index (χ0n) is 11.3. The van der Waals surface area contributed by atoms with E-state index in [2.05, 4.69) is 10.6 Å². The first-order chi connectivity index (χ1) is 9.66. The third-order valence-electron chi connectivity index (χ3n) is 3.72. The standard InChI is InChI=1S/C15H20N2O3/c18-14(19)13(12-7-2-1-3-8-12)17-15(20)16-10-9-11-5-4-6-11/h1-3,7-8,11,13H,4-6,9-10H2,(H,18,19)(H2,16,17,20)/t13-/m1/s1. The van der Waals surface area contributed by atoms with E-state index in [0.717, 1.165) is 12.3 Å². The number of nitrogens with one attached hydrogen (secondary N) is 2. The highest BCUT2D eigenvalue weighted by Crippen LogP contribution is 2.28. The fraction of sp³-hybridized carbons (Fsp3) is 0.467. The summed E-state index contributed by atoms with van der Waals surface area (Å²) in [6.07, 6.45) is 4.73. The van der Waals surface area contributed by atoms with Gasteiger partial charge in [0.15, 0.2) is 6.04 Å². The van der Waals surface area contributed by atoms with Crippen molar-refractivity contribution < 1.29 is 14.7 Å².